The van der Waals surface area contributed by atoms with Crippen LogP contribution in [0.4, 0.5) is 5.00 Å². The zero-order valence-corrected chi connectivity index (χ0v) is 18.1. The summed E-state index contributed by atoms with van der Waals surface area (Å²) in [5.74, 6) is -0.715. The van der Waals surface area contributed by atoms with Gasteiger partial charge < -0.3 is 20.1 Å². The number of hydrogen-bond donors (Lipinski definition) is 2. The molecule has 0 aliphatic rings. The lowest BCUT2D eigenvalue weighted by atomic mass is 10.1. The van der Waals surface area contributed by atoms with Gasteiger partial charge in [-0.1, -0.05) is 18.2 Å². The fourth-order valence-corrected chi connectivity index (χ4v) is 3.73. The molecule has 0 aliphatic carbocycles. The Morgan fingerprint density at radius 2 is 1.83 bits per heavy atom. The van der Waals surface area contributed by atoms with E-state index in [4.69, 9.17) is 9.47 Å². The number of ether oxygens (including phenoxy) is 2. The van der Waals surface area contributed by atoms with E-state index in [9.17, 15) is 14.4 Å². The highest BCUT2D eigenvalue weighted by Gasteiger charge is 2.27. The Labute approximate surface area is 174 Å². The minimum atomic E-state index is -0.583. The summed E-state index contributed by atoms with van der Waals surface area (Å²) in [5.41, 5.74) is 1.57. The van der Waals surface area contributed by atoms with Gasteiger partial charge >= 0.3 is 5.97 Å². The van der Waals surface area contributed by atoms with Gasteiger partial charge in [-0.05, 0) is 51.8 Å². The zero-order chi connectivity index (χ0) is 21.6. The van der Waals surface area contributed by atoms with E-state index in [2.05, 4.69) is 10.6 Å². The fraction of sp³-hybridized carbons (Fsp3) is 0.381. The standard InChI is InChI=1S/C21H26N2O5S/c1-6-27-21(26)17-14(5)18(19(25)22-12(2)3)29-20(17)23-16(24)11-28-15-10-8-7-9-13(15)4/h7-10,12H,6,11H2,1-5H3,(H,22,25)(H,23,24). The van der Waals surface area contributed by atoms with Crippen LogP contribution in [0.2, 0.25) is 0 Å². The van der Waals surface area contributed by atoms with Crippen molar-refractivity contribution in [3.63, 3.8) is 0 Å². The van der Waals surface area contributed by atoms with Crippen LogP contribution < -0.4 is 15.4 Å². The normalized spacial score (nSPS) is 10.6. The van der Waals surface area contributed by atoms with Gasteiger partial charge in [0.25, 0.3) is 11.8 Å². The van der Waals surface area contributed by atoms with Crippen LogP contribution in [-0.2, 0) is 9.53 Å². The maximum atomic E-state index is 12.5. The van der Waals surface area contributed by atoms with Crippen molar-refractivity contribution in [3.05, 3.63) is 45.8 Å². The van der Waals surface area contributed by atoms with Crippen LogP contribution in [0.1, 0.15) is 51.9 Å². The van der Waals surface area contributed by atoms with E-state index in [1.165, 1.54) is 0 Å². The molecule has 0 saturated heterocycles. The number of esters is 1. The van der Waals surface area contributed by atoms with E-state index in [0.29, 0.717) is 16.2 Å². The second kappa shape index (κ2) is 10.1. The van der Waals surface area contributed by atoms with Crippen molar-refractivity contribution in [1.82, 2.24) is 5.32 Å². The van der Waals surface area contributed by atoms with Gasteiger partial charge in [-0.25, -0.2) is 4.79 Å². The lowest BCUT2D eigenvalue weighted by molar-refractivity contribution is -0.118. The number of carbonyl (C=O) groups is 3. The average Bonchev–Trinajstić information content (AvgIpc) is 2.96. The maximum Gasteiger partial charge on any atom is 0.341 e. The van der Waals surface area contributed by atoms with Gasteiger partial charge in [0.05, 0.1) is 17.0 Å². The number of thiophene rings is 1. The number of hydrogen-bond acceptors (Lipinski definition) is 6. The minimum absolute atomic E-state index is 0.0596. The lowest BCUT2D eigenvalue weighted by Gasteiger charge is -2.10. The van der Waals surface area contributed by atoms with Crippen molar-refractivity contribution in [1.29, 1.82) is 0 Å². The largest absolute Gasteiger partial charge is 0.483 e. The Morgan fingerprint density at radius 1 is 1.14 bits per heavy atom. The summed E-state index contributed by atoms with van der Waals surface area (Å²) >= 11 is 1.04. The van der Waals surface area contributed by atoms with Gasteiger partial charge in [0, 0.05) is 6.04 Å². The first-order chi connectivity index (χ1) is 13.7. The van der Waals surface area contributed by atoms with Gasteiger partial charge in [0.1, 0.15) is 10.8 Å². The molecule has 1 aromatic carbocycles. The fourth-order valence-electron chi connectivity index (χ4n) is 2.62. The number of para-hydroxylation sites is 1. The van der Waals surface area contributed by atoms with Crippen molar-refractivity contribution in [3.8, 4) is 5.75 Å². The second-order valence-electron chi connectivity index (χ2n) is 6.71. The monoisotopic (exact) mass is 418 g/mol. The van der Waals surface area contributed by atoms with Crippen molar-refractivity contribution in [2.45, 2.75) is 40.7 Å². The molecule has 0 unspecified atom stereocenters. The molecule has 0 atom stereocenters. The molecular weight excluding hydrogens is 392 g/mol. The van der Waals surface area contributed by atoms with Gasteiger partial charge in [-0.2, -0.15) is 0 Å². The third-order valence-corrected chi connectivity index (χ3v) is 5.16. The molecule has 0 aliphatic heterocycles. The summed E-state index contributed by atoms with van der Waals surface area (Å²) in [6.07, 6.45) is 0. The molecule has 2 N–H and O–H groups in total. The van der Waals surface area contributed by atoms with Crippen molar-refractivity contribution in [2.24, 2.45) is 0 Å². The number of rotatable bonds is 8. The number of anilines is 1. The third kappa shape index (κ3) is 5.80. The molecule has 0 bridgehead atoms. The minimum Gasteiger partial charge on any atom is -0.483 e. The highest BCUT2D eigenvalue weighted by atomic mass is 32.1. The second-order valence-corrected chi connectivity index (χ2v) is 7.73. The summed E-state index contributed by atoms with van der Waals surface area (Å²) in [4.78, 5) is 37.7. The van der Waals surface area contributed by atoms with E-state index in [1.54, 1.807) is 19.9 Å². The smallest absolute Gasteiger partial charge is 0.341 e. The number of amides is 2. The summed E-state index contributed by atoms with van der Waals surface area (Å²) < 4.78 is 10.7. The van der Waals surface area contributed by atoms with Gasteiger partial charge in [0.2, 0.25) is 0 Å². The third-order valence-electron chi connectivity index (χ3n) is 3.96. The molecule has 2 aromatic rings. The predicted molar refractivity (Wildman–Crippen MR) is 113 cm³/mol. The molecule has 1 heterocycles. The van der Waals surface area contributed by atoms with Crippen LogP contribution in [-0.4, -0.2) is 37.0 Å². The summed E-state index contributed by atoms with van der Waals surface area (Å²) in [6, 6.07) is 7.30. The molecule has 8 heteroatoms. The van der Waals surface area contributed by atoms with E-state index in [1.807, 2.05) is 39.0 Å². The SMILES string of the molecule is CCOC(=O)c1c(NC(=O)COc2ccccc2C)sc(C(=O)NC(C)C)c1C. The highest BCUT2D eigenvalue weighted by molar-refractivity contribution is 7.18. The summed E-state index contributed by atoms with van der Waals surface area (Å²) in [7, 11) is 0. The first-order valence-electron chi connectivity index (χ1n) is 9.34. The van der Waals surface area contributed by atoms with Crippen molar-refractivity contribution < 1.29 is 23.9 Å². The Morgan fingerprint density at radius 3 is 2.45 bits per heavy atom. The first kappa shape index (κ1) is 22.4. The van der Waals surface area contributed by atoms with E-state index >= 15 is 0 Å². The van der Waals surface area contributed by atoms with Gasteiger partial charge in [-0.3, -0.25) is 9.59 Å². The molecule has 0 radical (unpaired) electrons. The molecule has 2 amide bonds. The zero-order valence-electron chi connectivity index (χ0n) is 17.3. The molecule has 0 saturated carbocycles. The highest BCUT2D eigenvalue weighted by Crippen LogP contribution is 2.34. The topological polar surface area (TPSA) is 93.7 Å². The molecule has 7 nitrogen and oxygen atoms in total. The molecule has 156 valence electrons. The summed E-state index contributed by atoms with van der Waals surface area (Å²) in [5, 5.41) is 5.75. The number of nitrogens with one attached hydrogen (secondary N) is 2. The molecule has 0 spiro atoms. The Hall–Kier alpha value is -2.87. The quantitative estimate of drug-likeness (QED) is 0.638. The Kier molecular flexibility index (Phi) is 7.78. The molecule has 0 fully saturated rings. The number of carbonyl (C=O) groups excluding carboxylic acids is 3. The average molecular weight is 419 g/mol. The molecular formula is C21H26N2O5S. The predicted octanol–water partition coefficient (Wildman–Crippen LogP) is 3.70. The number of aryl methyl sites for hydroxylation is 1. The van der Waals surface area contributed by atoms with Crippen LogP contribution in [0.3, 0.4) is 0 Å². The Balaban J connectivity index is 2.22. The Bertz CT molecular complexity index is 904. The van der Waals surface area contributed by atoms with Crippen LogP contribution in [0.25, 0.3) is 0 Å². The van der Waals surface area contributed by atoms with Crippen LogP contribution in [0.15, 0.2) is 24.3 Å². The van der Waals surface area contributed by atoms with Crippen LogP contribution in [0.5, 0.6) is 5.75 Å². The van der Waals surface area contributed by atoms with Crippen LogP contribution in [0, 0.1) is 13.8 Å². The molecule has 1 aromatic heterocycles. The van der Waals surface area contributed by atoms with Gasteiger partial charge in [0.15, 0.2) is 6.61 Å². The first-order valence-corrected chi connectivity index (χ1v) is 10.2. The lowest BCUT2D eigenvalue weighted by Crippen LogP contribution is -2.29. The van der Waals surface area contributed by atoms with Gasteiger partial charge in [-0.15, -0.1) is 11.3 Å². The molecule has 29 heavy (non-hydrogen) atoms. The van der Waals surface area contributed by atoms with E-state index in [-0.39, 0.29) is 35.7 Å². The van der Waals surface area contributed by atoms with E-state index < -0.39 is 11.9 Å². The summed E-state index contributed by atoms with van der Waals surface area (Å²) in [6.45, 7) is 8.90. The van der Waals surface area contributed by atoms with Crippen molar-refractivity contribution in [2.75, 3.05) is 18.5 Å². The maximum absolute atomic E-state index is 12.5. The number of benzene rings is 1. The van der Waals surface area contributed by atoms with Crippen molar-refractivity contribution >= 4 is 34.1 Å². The molecule has 2 rings (SSSR count). The van der Waals surface area contributed by atoms with Crippen LogP contribution >= 0.6 is 11.3 Å². The van der Waals surface area contributed by atoms with E-state index in [0.717, 1.165) is 16.9 Å².